The van der Waals surface area contributed by atoms with Crippen molar-refractivity contribution in [3.8, 4) is 0 Å². The van der Waals surface area contributed by atoms with Gasteiger partial charge in [0.1, 0.15) is 0 Å². The fraction of sp³-hybridized carbons (Fsp3) is 0.600. The van der Waals surface area contributed by atoms with Crippen LogP contribution in [0.4, 0.5) is 5.69 Å². The number of nitro benzene ring substituents is 1. The average Bonchev–Trinajstić information content (AvgIpc) is 2.38. The molecule has 1 aliphatic rings. The second-order valence-electron chi connectivity index (χ2n) is 5.91. The molecule has 20 heavy (non-hydrogen) atoms. The molecule has 0 heterocycles. The van der Waals surface area contributed by atoms with E-state index < -0.39 is 0 Å². The van der Waals surface area contributed by atoms with Crippen molar-refractivity contribution in [3.05, 3.63) is 38.9 Å². The first kappa shape index (κ1) is 15.3. The van der Waals surface area contributed by atoms with Gasteiger partial charge in [0.15, 0.2) is 0 Å². The number of benzene rings is 1. The zero-order valence-electron chi connectivity index (χ0n) is 11.9. The summed E-state index contributed by atoms with van der Waals surface area (Å²) in [4.78, 5) is 10.7. The molecule has 0 bridgehead atoms. The van der Waals surface area contributed by atoms with Gasteiger partial charge in [-0.1, -0.05) is 25.4 Å². The molecule has 5 heteroatoms. The Labute approximate surface area is 124 Å². The molecule has 2 rings (SSSR count). The van der Waals surface area contributed by atoms with E-state index in [1.807, 2.05) is 0 Å². The van der Waals surface area contributed by atoms with Crippen LogP contribution >= 0.6 is 11.6 Å². The van der Waals surface area contributed by atoms with E-state index in [4.69, 9.17) is 11.6 Å². The average molecular weight is 297 g/mol. The van der Waals surface area contributed by atoms with Crippen molar-refractivity contribution < 1.29 is 4.92 Å². The summed E-state index contributed by atoms with van der Waals surface area (Å²) in [5.74, 6) is 1.40. The second-order valence-corrected chi connectivity index (χ2v) is 6.35. The highest BCUT2D eigenvalue weighted by Gasteiger charge is 2.25. The lowest BCUT2D eigenvalue weighted by atomic mass is 9.80. The summed E-state index contributed by atoms with van der Waals surface area (Å²) in [5.41, 5.74) is 0.798. The highest BCUT2D eigenvalue weighted by atomic mass is 35.5. The van der Waals surface area contributed by atoms with E-state index in [0.29, 0.717) is 29.1 Å². The third kappa shape index (κ3) is 3.70. The van der Waals surface area contributed by atoms with Gasteiger partial charge in [0.25, 0.3) is 5.69 Å². The Morgan fingerprint density at radius 1 is 1.40 bits per heavy atom. The lowest BCUT2D eigenvalue weighted by Gasteiger charge is -2.33. The summed E-state index contributed by atoms with van der Waals surface area (Å²) < 4.78 is 0. The van der Waals surface area contributed by atoms with E-state index in [1.54, 1.807) is 12.1 Å². The van der Waals surface area contributed by atoms with Crippen LogP contribution in [0, 0.1) is 22.0 Å². The molecular weight excluding hydrogens is 276 g/mol. The van der Waals surface area contributed by atoms with E-state index in [-0.39, 0.29) is 10.6 Å². The summed E-state index contributed by atoms with van der Waals surface area (Å²) in [6, 6.07) is 5.31. The Morgan fingerprint density at radius 3 is 2.80 bits per heavy atom. The third-order valence-electron chi connectivity index (χ3n) is 4.23. The standard InChI is InChI=1S/C15H21ClN2O2/c1-10-3-6-14(11(2)7-10)17-9-12-4-5-13(16)8-15(12)18(19)20/h4-5,8,10-11,14,17H,3,6-7,9H2,1-2H3. The monoisotopic (exact) mass is 296 g/mol. The van der Waals surface area contributed by atoms with Gasteiger partial charge in [0.05, 0.1) is 4.92 Å². The molecule has 1 aliphatic carbocycles. The van der Waals surface area contributed by atoms with Crippen LogP contribution in [0.25, 0.3) is 0 Å². The number of hydrogen-bond acceptors (Lipinski definition) is 3. The Kier molecular flexibility index (Phi) is 5.00. The quantitative estimate of drug-likeness (QED) is 0.670. The molecule has 1 saturated carbocycles. The number of hydrogen-bond donors (Lipinski definition) is 1. The molecule has 0 saturated heterocycles. The van der Waals surface area contributed by atoms with Crippen LogP contribution in [0.1, 0.15) is 38.7 Å². The minimum Gasteiger partial charge on any atom is -0.309 e. The molecule has 110 valence electrons. The molecule has 4 nitrogen and oxygen atoms in total. The fourth-order valence-corrected chi connectivity index (χ4v) is 3.23. The normalized spacial score (nSPS) is 26.4. The van der Waals surface area contributed by atoms with Crippen LogP contribution in [0.2, 0.25) is 5.02 Å². The Bertz CT molecular complexity index is 493. The maximum Gasteiger partial charge on any atom is 0.275 e. The lowest BCUT2D eigenvalue weighted by Crippen LogP contribution is -2.38. The van der Waals surface area contributed by atoms with Crippen LogP contribution in [0.5, 0.6) is 0 Å². The number of nitrogens with zero attached hydrogens (tertiary/aromatic N) is 1. The molecule has 3 atom stereocenters. The molecule has 0 aromatic heterocycles. The predicted molar refractivity (Wildman–Crippen MR) is 80.9 cm³/mol. The summed E-state index contributed by atoms with van der Waals surface area (Å²) in [6.45, 7) is 5.07. The first-order valence-corrected chi connectivity index (χ1v) is 7.51. The SMILES string of the molecule is CC1CCC(NCc2ccc(Cl)cc2[N+](=O)[O-])C(C)C1. The van der Waals surface area contributed by atoms with E-state index in [2.05, 4.69) is 19.2 Å². The van der Waals surface area contributed by atoms with Gasteiger partial charge in [-0.15, -0.1) is 0 Å². The van der Waals surface area contributed by atoms with Crippen LogP contribution in [0.15, 0.2) is 18.2 Å². The van der Waals surface area contributed by atoms with Gasteiger partial charge in [-0.3, -0.25) is 10.1 Å². The first-order valence-electron chi connectivity index (χ1n) is 7.13. The van der Waals surface area contributed by atoms with Crippen molar-refractivity contribution in [2.75, 3.05) is 0 Å². The largest absolute Gasteiger partial charge is 0.309 e. The van der Waals surface area contributed by atoms with Gasteiger partial charge in [-0.05, 0) is 43.2 Å². The number of rotatable bonds is 4. The second kappa shape index (κ2) is 6.55. The van der Waals surface area contributed by atoms with Crippen molar-refractivity contribution in [2.45, 2.75) is 45.7 Å². The van der Waals surface area contributed by atoms with Crippen molar-refractivity contribution in [2.24, 2.45) is 11.8 Å². The van der Waals surface area contributed by atoms with Crippen LogP contribution in [-0.4, -0.2) is 11.0 Å². The molecule has 0 aliphatic heterocycles. The minimum absolute atomic E-state index is 0.0989. The molecule has 1 fully saturated rings. The van der Waals surface area contributed by atoms with Gasteiger partial charge in [0, 0.05) is 29.2 Å². The fourth-order valence-electron chi connectivity index (χ4n) is 3.07. The van der Waals surface area contributed by atoms with Gasteiger partial charge in [0.2, 0.25) is 0 Å². The Hall–Kier alpha value is -1.13. The lowest BCUT2D eigenvalue weighted by molar-refractivity contribution is -0.385. The number of nitro groups is 1. The summed E-state index contributed by atoms with van der Waals surface area (Å²) in [6.07, 6.45) is 3.59. The van der Waals surface area contributed by atoms with Crippen LogP contribution < -0.4 is 5.32 Å². The molecule has 0 amide bonds. The van der Waals surface area contributed by atoms with Crippen molar-refractivity contribution >= 4 is 17.3 Å². The maximum atomic E-state index is 11.1. The zero-order chi connectivity index (χ0) is 14.7. The first-order chi connectivity index (χ1) is 9.47. The van der Waals surface area contributed by atoms with E-state index in [9.17, 15) is 10.1 Å². The van der Waals surface area contributed by atoms with Gasteiger partial charge in [-0.25, -0.2) is 0 Å². The van der Waals surface area contributed by atoms with Gasteiger partial charge >= 0.3 is 0 Å². The smallest absolute Gasteiger partial charge is 0.275 e. The summed E-state index contributed by atoms with van der Waals surface area (Å²) in [5, 5.41) is 14.9. The molecule has 0 radical (unpaired) electrons. The van der Waals surface area contributed by atoms with E-state index in [0.717, 1.165) is 12.3 Å². The van der Waals surface area contributed by atoms with Gasteiger partial charge < -0.3 is 5.32 Å². The highest BCUT2D eigenvalue weighted by Crippen LogP contribution is 2.29. The molecule has 3 unspecified atom stereocenters. The Morgan fingerprint density at radius 2 is 2.15 bits per heavy atom. The molecule has 1 aromatic carbocycles. The van der Waals surface area contributed by atoms with Crippen molar-refractivity contribution in [1.82, 2.24) is 5.32 Å². The minimum atomic E-state index is -0.366. The van der Waals surface area contributed by atoms with Crippen molar-refractivity contribution in [1.29, 1.82) is 0 Å². The highest BCUT2D eigenvalue weighted by molar-refractivity contribution is 6.30. The zero-order valence-corrected chi connectivity index (χ0v) is 12.7. The van der Waals surface area contributed by atoms with E-state index >= 15 is 0 Å². The van der Waals surface area contributed by atoms with Crippen molar-refractivity contribution in [3.63, 3.8) is 0 Å². The number of halogens is 1. The predicted octanol–water partition coefficient (Wildman–Crippen LogP) is 4.16. The summed E-state index contributed by atoms with van der Waals surface area (Å²) >= 11 is 5.82. The molecule has 1 aromatic rings. The molecule has 1 N–H and O–H groups in total. The number of nitrogens with one attached hydrogen (secondary N) is 1. The topological polar surface area (TPSA) is 55.2 Å². The third-order valence-corrected chi connectivity index (χ3v) is 4.47. The van der Waals surface area contributed by atoms with Gasteiger partial charge in [-0.2, -0.15) is 0 Å². The van der Waals surface area contributed by atoms with Crippen LogP contribution in [-0.2, 0) is 6.54 Å². The summed E-state index contributed by atoms with van der Waals surface area (Å²) in [7, 11) is 0. The molecular formula is C15H21ClN2O2. The van der Waals surface area contributed by atoms with E-state index in [1.165, 1.54) is 18.9 Å². The maximum absolute atomic E-state index is 11.1. The molecule has 0 spiro atoms. The van der Waals surface area contributed by atoms with Crippen LogP contribution in [0.3, 0.4) is 0 Å². The Balaban J connectivity index is 2.02.